The molecule has 3 aromatic rings. The van der Waals surface area contributed by atoms with Gasteiger partial charge in [0.05, 0.1) is 19.0 Å². The second-order valence-corrected chi connectivity index (χ2v) is 7.99. The zero-order valence-electron chi connectivity index (χ0n) is 16.1. The van der Waals surface area contributed by atoms with Crippen molar-refractivity contribution >= 4 is 23.2 Å². The van der Waals surface area contributed by atoms with Crippen LogP contribution in [0.5, 0.6) is 0 Å². The number of amides is 1. The van der Waals surface area contributed by atoms with Crippen LogP contribution in [0, 0.1) is 0 Å². The number of para-hydroxylation sites is 1. The molecule has 1 aliphatic carbocycles. The number of rotatable bonds is 5. The molecule has 1 aromatic carbocycles. The first-order valence-electron chi connectivity index (χ1n) is 9.58. The number of thiazole rings is 1. The molecule has 0 saturated heterocycles. The number of hydrogen-bond donors (Lipinski definition) is 1. The first kappa shape index (κ1) is 19.3. The van der Waals surface area contributed by atoms with Crippen molar-refractivity contribution in [2.45, 2.75) is 37.6 Å². The summed E-state index contributed by atoms with van der Waals surface area (Å²) >= 11 is 1.37. The number of nitrogens with one attached hydrogen (secondary N) is 1. The summed E-state index contributed by atoms with van der Waals surface area (Å²) in [4.78, 5) is 29.6. The molecular formula is C21H22N4O3S. The van der Waals surface area contributed by atoms with E-state index < -0.39 is 5.54 Å². The molecule has 1 amide bonds. The molecule has 1 aliphatic rings. The van der Waals surface area contributed by atoms with Gasteiger partial charge in [0.2, 0.25) is 0 Å². The maximum Gasteiger partial charge on any atom is 0.331 e. The van der Waals surface area contributed by atoms with E-state index in [1.54, 1.807) is 16.3 Å². The summed E-state index contributed by atoms with van der Waals surface area (Å²) in [6.45, 7) is 0. The number of ether oxygens (including phenoxy) is 1. The smallest absolute Gasteiger partial charge is 0.331 e. The lowest BCUT2D eigenvalue weighted by atomic mass is 9.81. The van der Waals surface area contributed by atoms with Gasteiger partial charge in [-0.05, 0) is 25.0 Å². The zero-order chi connectivity index (χ0) is 20.3. The SMILES string of the molecule is COC(=O)C1(NC(=O)c2csc(-c3cnn(-c4ccccc4)c3)n2)CCCCC1. The number of carbonyl (C=O) groups excluding carboxylic acids is 2. The van der Waals surface area contributed by atoms with E-state index in [1.807, 2.05) is 36.5 Å². The molecule has 2 heterocycles. The number of esters is 1. The van der Waals surface area contributed by atoms with Crippen molar-refractivity contribution in [3.63, 3.8) is 0 Å². The Morgan fingerprint density at radius 3 is 2.66 bits per heavy atom. The first-order chi connectivity index (χ1) is 14.1. The second-order valence-electron chi connectivity index (χ2n) is 7.14. The molecule has 0 radical (unpaired) electrons. The van der Waals surface area contributed by atoms with E-state index in [-0.39, 0.29) is 11.9 Å². The summed E-state index contributed by atoms with van der Waals surface area (Å²) < 4.78 is 6.74. The average Bonchev–Trinajstić information content (AvgIpc) is 3.44. The second kappa shape index (κ2) is 8.16. The molecule has 1 saturated carbocycles. The van der Waals surface area contributed by atoms with E-state index >= 15 is 0 Å². The van der Waals surface area contributed by atoms with Gasteiger partial charge in [-0.1, -0.05) is 37.5 Å². The third-order valence-corrected chi connectivity index (χ3v) is 6.11. The summed E-state index contributed by atoms with van der Waals surface area (Å²) in [6, 6.07) is 9.78. The molecule has 8 heteroatoms. The van der Waals surface area contributed by atoms with Crippen LogP contribution in [0.2, 0.25) is 0 Å². The van der Waals surface area contributed by atoms with Crippen molar-refractivity contribution in [2.75, 3.05) is 7.11 Å². The van der Waals surface area contributed by atoms with E-state index in [9.17, 15) is 9.59 Å². The molecule has 7 nitrogen and oxygen atoms in total. The van der Waals surface area contributed by atoms with Crippen LogP contribution in [0.4, 0.5) is 0 Å². The molecule has 0 atom stereocenters. The molecule has 1 fully saturated rings. The zero-order valence-corrected chi connectivity index (χ0v) is 16.9. The van der Waals surface area contributed by atoms with Gasteiger partial charge in [0.15, 0.2) is 0 Å². The summed E-state index contributed by atoms with van der Waals surface area (Å²) in [6.07, 6.45) is 7.61. The van der Waals surface area contributed by atoms with E-state index in [0.29, 0.717) is 23.5 Å². The van der Waals surface area contributed by atoms with Gasteiger partial charge in [0.25, 0.3) is 5.91 Å². The van der Waals surface area contributed by atoms with Crippen LogP contribution in [0.15, 0.2) is 48.1 Å². The number of carbonyl (C=O) groups is 2. The number of hydrogen-bond acceptors (Lipinski definition) is 6. The van der Waals surface area contributed by atoms with Gasteiger partial charge in [-0.25, -0.2) is 14.5 Å². The van der Waals surface area contributed by atoms with Crippen molar-refractivity contribution < 1.29 is 14.3 Å². The van der Waals surface area contributed by atoms with Crippen molar-refractivity contribution in [1.82, 2.24) is 20.1 Å². The Labute approximate surface area is 172 Å². The van der Waals surface area contributed by atoms with Gasteiger partial charge in [0.1, 0.15) is 16.2 Å². The molecule has 1 N–H and O–H groups in total. The van der Waals surface area contributed by atoms with E-state index in [4.69, 9.17) is 4.74 Å². The molecule has 0 bridgehead atoms. The molecule has 0 spiro atoms. The number of nitrogens with zero attached hydrogens (tertiary/aromatic N) is 3. The third-order valence-electron chi connectivity index (χ3n) is 5.22. The van der Waals surface area contributed by atoms with Crippen LogP contribution < -0.4 is 5.32 Å². The lowest BCUT2D eigenvalue weighted by Crippen LogP contribution is -2.56. The van der Waals surface area contributed by atoms with Crippen molar-refractivity contribution in [3.8, 4) is 16.3 Å². The Bertz CT molecular complexity index is 1010. The highest BCUT2D eigenvalue weighted by Crippen LogP contribution is 2.30. The number of methoxy groups -OCH3 is 1. The van der Waals surface area contributed by atoms with Gasteiger partial charge in [-0.3, -0.25) is 4.79 Å². The minimum Gasteiger partial charge on any atom is -0.467 e. The van der Waals surface area contributed by atoms with E-state index in [1.165, 1.54) is 18.4 Å². The van der Waals surface area contributed by atoms with Gasteiger partial charge in [-0.2, -0.15) is 5.10 Å². The predicted octanol–water partition coefficient (Wildman–Crippen LogP) is 3.60. The molecule has 4 rings (SSSR count). The topological polar surface area (TPSA) is 86.1 Å². The third kappa shape index (κ3) is 3.93. The van der Waals surface area contributed by atoms with Gasteiger partial charge in [-0.15, -0.1) is 11.3 Å². The molecule has 0 unspecified atom stereocenters. The molecular weight excluding hydrogens is 388 g/mol. The summed E-state index contributed by atoms with van der Waals surface area (Å²) in [7, 11) is 1.36. The summed E-state index contributed by atoms with van der Waals surface area (Å²) in [5, 5.41) is 9.69. The van der Waals surface area contributed by atoms with Gasteiger partial charge >= 0.3 is 5.97 Å². The summed E-state index contributed by atoms with van der Waals surface area (Å²) in [5.74, 6) is -0.736. The fourth-order valence-electron chi connectivity index (χ4n) is 3.68. The Balaban J connectivity index is 1.52. The maximum atomic E-state index is 12.8. The lowest BCUT2D eigenvalue weighted by Gasteiger charge is -2.34. The highest BCUT2D eigenvalue weighted by Gasteiger charge is 2.42. The van der Waals surface area contributed by atoms with Gasteiger partial charge < -0.3 is 10.1 Å². The van der Waals surface area contributed by atoms with Gasteiger partial charge in [0, 0.05) is 17.1 Å². The van der Waals surface area contributed by atoms with Crippen molar-refractivity contribution in [2.24, 2.45) is 0 Å². The monoisotopic (exact) mass is 410 g/mol. The van der Waals surface area contributed by atoms with Crippen LogP contribution in [0.3, 0.4) is 0 Å². The molecule has 0 aliphatic heterocycles. The standard InChI is InChI=1S/C21H22N4O3S/c1-28-20(27)21(10-6-3-7-11-21)24-18(26)17-14-29-19(23-17)15-12-22-25(13-15)16-8-4-2-5-9-16/h2,4-5,8-9,12-14H,3,6-7,10-11H2,1H3,(H,24,26). The minimum absolute atomic E-state index is 0.298. The lowest BCUT2D eigenvalue weighted by molar-refractivity contribution is -0.149. The fourth-order valence-corrected chi connectivity index (χ4v) is 4.45. The van der Waals surface area contributed by atoms with Crippen LogP contribution in [-0.2, 0) is 9.53 Å². The first-order valence-corrected chi connectivity index (χ1v) is 10.5. The number of aromatic nitrogens is 3. The normalized spacial score (nSPS) is 15.6. The maximum absolute atomic E-state index is 12.8. The molecule has 29 heavy (non-hydrogen) atoms. The van der Waals surface area contributed by atoms with E-state index in [0.717, 1.165) is 30.5 Å². The minimum atomic E-state index is -0.952. The Hall–Kier alpha value is -3.00. The van der Waals surface area contributed by atoms with Crippen molar-refractivity contribution in [3.05, 3.63) is 53.8 Å². The quantitative estimate of drug-likeness (QED) is 0.650. The fraction of sp³-hybridized carbons (Fsp3) is 0.333. The summed E-state index contributed by atoms with van der Waals surface area (Å²) in [5.41, 5.74) is 1.13. The largest absolute Gasteiger partial charge is 0.467 e. The molecule has 2 aromatic heterocycles. The van der Waals surface area contributed by atoms with Crippen molar-refractivity contribution in [1.29, 1.82) is 0 Å². The Morgan fingerprint density at radius 2 is 1.93 bits per heavy atom. The van der Waals surface area contributed by atoms with Crippen LogP contribution in [-0.4, -0.2) is 39.3 Å². The number of benzene rings is 1. The van der Waals surface area contributed by atoms with Crippen LogP contribution in [0.25, 0.3) is 16.3 Å². The highest BCUT2D eigenvalue weighted by molar-refractivity contribution is 7.13. The van der Waals surface area contributed by atoms with E-state index in [2.05, 4.69) is 15.4 Å². The highest BCUT2D eigenvalue weighted by atomic mass is 32.1. The average molecular weight is 410 g/mol. The predicted molar refractivity (Wildman–Crippen MR) is 110 cm³/mol. The Morgan fingerprint density at radius 1 is 1.17 bits per heavy atom. The van der Waals surface area contributed by atoms with Crippen LogP contribution >= 0.6 is 11.3 Å². The molecule has 150 valence electrons. The Kier molecular flexibility index (Phi) is 5.44. The van der Waals surface area contributed by atoms with Crippen LogP contribution in [0.1, 0.15) is 42.6 Å².